The second-order valence-electron chi connectivity index (χ2n) is 8.40. The molecule has 0 amide bonds. The van der Waals surface area contributed by atoms with Gasteiger partial charge in [0, 0.05) is 24.1 Å². The maximum atomic E-state index is 15.3. The zero-order valence-corrected chi connectivity index (χ0v) is 19.8. The molecule has 0 aliphatic rings. The fourth-order valence-electron chi connectivity index (χ4n) is 4.04. The van der Waals surface area contributed by atoms with Crippen LogP contribution in [0.5, 0.6) is 5.75 Å². The molecular weight excluding hydrogens is 449 g/mol. The van der Waals surface area contributed by atoms with Crippen molar-refractivity contribution in [3.8, 4) is 22.8 Å². The largest absolute Gasteiger partial charge is 0.497 e. The number of benzene rings is 2. The summed E-state index contributed by atoms with van der Waals surface area (Å²) in [7, 11) is 5.47. The fourth-order valence-corrected chi connectivity index (χ4v) is 4.04. The van der Waals surface area contributed by atoms with Gasteiger partial charge in [0.2, 0.25) is 0 Å². The summed E-state index contributed by atoms with van der Waals surface area (Å²) < 4.78 is 25.1. The molecule has 2 aromatic carbocycles. The zero-order valence-electron chi connectivity index (χ0n) is 19.8. The summed E-state index contributed by atoms with van der Waals surface area (Å²) in [5.74, 6) is 0.912. The standard InChI is InChI=1S/C25H24FN7O2/c1-16-23-24(33(29-16)17-5-8-19(35-4)9-6-17)25(34)32(15-28-23)21-10-7-18(13-20(21)26)31-12-11-27-22(31)14-30(2)3/h5-13,15H,14H2,1-4H3. The van der Waals surface area contributed by atoms with E-state index in [9.17, 15) is 4.79 Å². The van der Waals surface area contributed by atoms with Crippen LogP contribution in [0.3, 0.4) is 0 Å². The summed E-state index contributed by atoms with van der Waals surface area (Å²) in [4.78, 5) is 24.3. The van der Waals surface area contributed by atoms with Crippen molar-refractivity contribution in [2.45, 2.75) is 13.5 Å². The van der Waals surface area contributed by atoms with E-state index in [4.69, 9.17) is 4.74 Å². The van der Waals surface area contributed by atoms with Gasteiger partial charge in [-0.05, 0) is 57.4 Å². The van der Waals surface area contributed by atoms with Gasteiger partial charge in [-0.3, -0.25) is 9.36 Å². The second-order valence-corrected chi connectivity index (χ2v) is 8.40. The smallest absolute Gasteiger partial charge is 0.284 e. The predicted molar refractivity (Wildman–Crippen MR) is 130 cm³/mol. The van der Waals surface area contributed by atoms with Crippen LogP contribution in [0, 0.1) is 12.7 Å². The van der Waals surface area contributed by atoms with E-state index in [1.165, 1.54) is 21.6 Å². The van der Waals surface area contributed by atoms with Gasteiger partial charge in [0.25, 0.3) is 5.56 Å². The van der Waals surface area contributed by atoms with Gasteiger partial charge in [-0.1, -0.05) is 0 Å². The Morgan fingerprint density at radius 3 is 2.46 bits per heavy atom. The Labute approximate surface area is 200 Å². The van der Waals surface area contributed by atoms with Crippen molar-refractivity contribution in [3.63, 3.8) is 0 Å². The van der Waals surface area contributed by atoms with Crippen LogP contribution in [0.25, 0.3) is 28.1 Å². The normalized spacial score (nSPS) is 11.5. The number of hydrogen-bond donors (Lipinski definition) is 0. The highest BCUT2D eigenvalue weighted by atomic mass is 19.1. The first-order valence-electron chi connectivity index (χ1n) is 11.0. The molecule has 0 atom stereocenters. The Balaban J connectivity index is 1.61. The van der Waals surface area contributed by atoms with Gasteiger partial charge in [-0.25, -0.2) is 19.0 Å². The average Bonchev–Trinajstić information content (AvgIpc) is 3.44. The van der Waals surface area contributed by atoms with E-state index in [2.05, 4.69) is 15.1 Å². The molecule has 35 heavy (non-hydrogen) atoms. The molecule has 0 aliphatic heterocycles. The van der Waals surface area contributed by atoms with Crippen molar-refractivity contribution in [2.24, 2.45) is 0 Å². The van der Waals surface area contributed by atoms with E-state index in [1.54, 1.807) is 62.8 Å². The zero-order chi connectivity index (χ0) is 24.7. The molecule has 0 spiro atoms. The summed E-state index contributed by atoms with van der Waals surface area (Å²) in [6, 6.07) is 11.9. The lowest BCUT2D eigenvalue weighted by atomic mass is 10.2. The van der Waals surface area contributed by atoms with Crippen molar-refractivity contribution >= 4 is 11.0 Å². The first-order chi connectivity index (χ1) is 16.9. The van der Waals surface area contributed by atoms with Crippen LogP contribution in [0.2, 0.25) is 0 Å². The third-order valence-electron chi connectivity index (χ3n) is 5.71. The van der Waals surface area contributed by atoms with Crippen LogP contribution in [-0.2, 0) is 6.54 Å². The first-order valence-corrected chi connectivity index (χ1v) is 11.0. The van der Waals surface area contributed by atoms with Gasteiger partial charge in [0.15, 0.2) is 5.52 Å². The maximum absolute atomic E-state index is 15.3. The van der Waals surface area contributed by atoms with E-state index in [-0.39, 0.29) is 11.2 Å². The number of halogens is 1. The number of nitrogens with zero attached hydrogens (tertiary/aromatic N) is 7. The third-order valence-corrected chi connectivity index (χ3v) is 5.71. The van der Waals surface area contributed by atoms with Crippen molar-refractivity contribution in [1.82, 2.24) is 33.8 Å². The number of aromatic nitrogens is 6. The lowest BCUT2D eigenvalue weighted by molar-refractivity contribution is 0.388. The number of hydrogen-bond acceptors (Lipinski definition) is 6. The van der Waals surface area contributed by atoms with E-state index in [0.717, 1.165) is 5.82 Å². The van der Waals surface area contributed by atoms with Gasteiger partial charge in [0.1, 0.15) is 29.2 Å². The molecule has 5 aromatic rings. The minimum absolute atomic E-state index is 0.0996. The molecule has 0 N–H and O–H groups in total. The average molecular weight is 474 g/mol. The van der Waals surface area contributed by atoms with Crippen LogP contribution < -0.4 is 10.3 Å². The molecule has 0 radical (unpaired) electrons. The fraction of sp³-hybridized carbons (Fsp3) is 0.200. The topological polar surface area (TPSA) is 83.0 Å². The summed E-state index contributed by atoms with van der Waals surface area (Å²) in [6.45, 7) is 2.38. The third kappa shape index (κ3) is 3.97. The SMILES string of the molecule is COc1ccc(-n2nc(C)c3ncn(-c4ccc(-n5ccnc5CN(C)C)cc4F)c(=O)c32)cc1. The molecule has 5 rings (SSSR count). The maximum Gasteiger partial charge on any atom is 0.284 e. The van der Waals surface area contributed by atoms with E-state index >= 15 is 4.39 Å². The first kappa shape index (κ1) is 22.5. The molecular formula is C25H24FN7O2. The molecule has 0 unspecified atom stereocenters. The van der Waals surface area contributed by atoms with E-state index < -0.39 is 11.4 Å². The highest BCUT2D eigenvalue weighted by molar-refractivity contribution is 5.78. The Bertz CT molecular complexity index is 1580. The molecule has 0 aliphatic carbocycles. The van der Waals surface area contributed by atoms with Gasteiger partial charge in [-0.2, -0.15) is 5.10 Å². The molecule has 0 saturated carbocycles. The Morgan fingerprint density at radius 2 is 1.77 bits per heavy atom. The van der Waals surface area contributed by atoms with Crippen LogP contribution >= 0.6 is 0 Å². The Morgan fingerprint density at radius 1 is 1.03 bits per heavy atom. The highest BCUT2D eigenvalue weighted by Gasteiger charge is 2.18. The van der Waals surface area contributed by atoms with Crippen molar-refractivity contribution in [2.75, 3.05) is 21.2 Å². The van der Waals surface area contributed by atoms with Gasteiger partial charge in [0.05, 0.1) is 30.7 Å². The number of rotatable bonds is 6. The van der Waals surface area contributed by atoms with Crippen molar-refractivity contribution in [1.29, 1.82) is 0 Å². The van der Waals surface area contributed by atoms with Crippen LogP contribution in [0.15, 0.2) is 66.0 Å². The quantitative estimate of drug-likeness (QED) is 0.377. The van der Waals surface area contributed by atoms with Crippen molar-refractivity contribution < 1.29 is 9.13 Å². The Hall–Kier alpha value is -4.31. The van der Waals surface area contributed by atoms with Crippen LogP contribution in [0.1, 0.15) is 11.5 Å². The Kier molecular flexibility index (Phi) is 5.65. The van der Waals surface area contributed by atoms with E-state index in [1.807, 2.05) is 23.6 Å². The number of fused-ring (bicyclic) bond motifs is 1. The predicted octanol–water partition coefficient (Wildman–Crippen LogP) is 3.27. The molecule has 9 nitrogen and oxygen atoms in total. The molecule has 0 saturated heterocycles. The monoisotopic (exact) mass is 473 g/mol. The number of methoxy groups -OCH3 is 1. The number of imidazole rings is 1. The van der Waals surface area contributed by atoms with Gasteiger partial charge < -0.3 is 14.2 Å². The number of aryl methyl sites for hydroxylation is 1. The number of ether oxygens (including phenoxy) is 1. The lowest BCUT2D eigenvalue weighted by Gasteiger charge is -2.14. The van der Waals surface area contributed by atoms with Crippen molar-refractivity contribution in [3.05, 3.63) is 88.9 Å². The minimum atomic E-state index is -0.553. The molecule has 3 aromatic heterocycles. The van der Waals surface area contributed by atoms with Gasteiger partial charge >= 0.3 is 0 Å². The molecule has 10 heteroatoms. The molecule has 3 heterocycles. The summed E-state index contributed by atoms with van der Waals surface area (Å²) in [5.41, 5.74) is 2.29. The molecule has 0 bridgehead atoms. The molecule has 178 valence electrons. The van der Waals surface area contributed by atoms with Gasteiger partial charge in [-0.15, -0.1) is 0 Å². The highest BCUT2D eigenvalue weighted by Crippen LogP contribution is 2.22. The minimum Gasteiger partial charge on any atom is -0.497 e. The lowest BCUT2D eigenvalue weighted by Crippen LogP contribution is -2.22. The van der Waals surface area contributed by atoms with Crippen LogP contribution in [-0.4, -0.2) is 55.0 Å². The second kappa shape index (κ2) is 8.80. The van der Waals surface area contributed by atoms with E-state index in [0.29, 0.717) is 34.9 Å². The van der Waals surface area contributed by atoms with Crippen LogP contribution in [0.4, 0.5) is 4.39 Å². The summed E-state index contributed by atoms with van der Waals surface area (Å²) in [6.07, 6.45) is 4.80. The summed E-state index contributed by atoms with van der Waals surface area (Å²) >= 11 is 0. The molecule has 0 fully saturated rings. The summed E-state index contributed by atoms with van der Waals surface area (Å²) in [5, 5.41) is 4.51.